The zero-order valence-corrected chi connectivity index (χ0v) is 8.07. The number of aryl methyl sites for hydroxylation is 1. The van der Waals surface area contributed by atoms with Gasteiger partial charge in [-0.15, -0.1) is 0 Å². The second-order valence-corrected chi connectivity index (χ2v) is 2.68. The second kappa shape index (κ2) is 4.40. The summed E-state index contributed by atoms with van der Waals surface area (Å²) in [4.78, 5) is 18.6. The SMILES string of the molecule is COC(=O)CNc1cc(C)nc(N)n1. The number of carbonyl (C=O) groups excluding carboxylic acids is 1. The number of esters is 1. The molecule has 1 heterocycles. The van der Waals surface area contributed by atoms with E-state index in [4.69, 9.17) is 5.73 Å². The highest BCUT2D eigenvalue weighted by atomic mass is 16.5. The van der Waals surface area contributed by atoms with Crippen molar-refractivity contribution in [2.24, 2.45) is 0 Å². The monoisotopic (exact) mass is 196 g/mol. The topological polar surface area (TPSA) is 90.1 Å². The number of nitrogens with two attached hydrogens (primary N) is 1. The molecular formula is C8H12N4O2. The largest absolute Gasteiger partial charge is 0.468 e. The molecule has 0 aliphatic heterocycles. The molecule has 0 fully saturated rings. The summed E-state index contributed by atoms with van der Waals surface area (Å²) in [5.74, 6) is 0.331. The molecule has 0 amide bonds. The summed E-state index contributed by atoms with van der Waals surface area (Å²) in [7, 11) is 1.32. The highest BCUT2D eigenvalue weighted by Gasteiger charge is 2.02. The molecule has 0 unspecified atom stereocenters. The van der Waals surface area contributed by atoms with E-state index >= 15 is 0 Å². The van der Waals surface area contributed by atoms with Gasteiger partial charge in [0.15, 0.2) is 0 Å². The Morgan fingerprint density at radius 1 is 1.64 bits per heavy atom. The van der Waals surface area contributed by atoms with Gasteiger partial charge in [-0.2, -0.15) is 4.98 Å². The van der Waals surface area contributed by atoms with Gasteiger partial charge in [0.25, 0.3) is 0 Å². The molecule has 1 aromatic rings. The molecule has 6 nitrogen and oxygen atoms in total. The minimum atomic E-state index is -0.361. The number of nitrogen functional groups attached to an aromatic ring is 1. The molecule has 0 saturated carbocycles. The summed E-state index contributed by atoms with van der Waals surface area (Å²) in [5.41, 5.74) is 6.16. The van der Waals surface area contributed by atoms with E-state index in [9.17, 15) is 4.79 Å². The molecule has 0 spiro atoms. The van der Waals surface area contributed by atoms with Crippen molar-refractivity contribution in [3.8, 4) is 0 Å². The number of nitrogens with one attached hydrogen (secondary N) is 1. The van der Waals surface area contributed by atoms with E-state index in [0.717, 1.165) is 5.69 Å². The number of methoxy groups -OCH3 is 1. The van der Waals surface area contributed by atoms with Gasteiger partial charge in [-0.3, -0.25) is 4.79 Å². The lowest BCUT2D eigenvalue weighted by Crippen LogP contribution is -2.16. The molecule has 1 rings (SSSR count). The maximum atomic E-state index is 10.8. The van der Waals surface area contributed by atoms with Crippen LogP contribution in [-0.4, -0.2) is 29.6 Å². The lowest BCUT2D eigenvalue weighted by Gasteiger charge is -2.05. The summed E-state index contributed by atoms with van der Waals surface area (Å²) < 4.78 is 4.46. The van der Waals surface area contributed by atoms with Crippen molar-refractivity contribution in [2.45, 2.75) is 6.92 Å². The Morgan fingerprint density at radius 2 is 2.36 bits per heavy atom. The van der Waals surface area contributed by atoms with Crippen LogP contribution in [-0.2, 0) is 9.53 Å². The van der Waals surface area contributed by atoms with Gasteiger partial charge in [-0.25, -0.2) is 4.98 Å². The standard InChI is InChI=1S/C8H12N4O2/c1-5-3-6(12-8(9)11-5)10-4-7(13)14-2/h3H,4H2,1-2H3,(H3,9,10,11,12). The molecule has 0 aliphatic carbocycles. The first kappa shape index (κ1) is 10.2. The van der Waals surface area contributed by atoms with Crippen molar-refractivity contribution in [1.29, 1.82) is 0 Å². The summed E-state index contributed by atoms with van der Waals surface area (Å²) in [6, 6.07) is 1.69. The van der Waals surface area contributed by atoms with Crippen molar-refractivity contribution in [1.82, 2.24) is 9.97 Å². The predicted octanol–water partition coefficient (Wildman–Crippen LogP) is -0.0479. The average molecular weight is 196 g/mol. The third kappa shape index (κ3) is 2.89. The van der Waals surface area contributed by atoms with Crippen molar-refractivity contribution < 1.29 is 9.53 Å². The molecule has 0 radical (unpaired) electrons. The maximum absolute atomic E-state index is 10.8. The van der Waals surface area contributed by atoms with Gasteiger partial charge in [0.1, 0.15) is 12.4 Å². The van der Waals surface area contributed by atoms with Gasteiger partial charge in [0.05, 0.1) is 7.11 Å². The lowest BCUT2D eigenvalue weighted by molar-refractivity contribution is -0.138. The van der Waals surface area contributed by atoms with Crippen LogP contribution >= 0.6 is 0 Å². The number of carbonyl (C=O) groups is 1. The van der Waals surface area contributed by atoms with Crippen LogP contribution in [0.4, 0.5) is 11.8 Å². The molecule has 6 heteroatoms. The van der Waals surface area contributed by atoms with E-state index in [1.807, 2.05) is 0 Å². The van der Waals surface area contributed by atoms with E-state index < -0.39 is 0 Å². The van der Waals surface area contributed by atoms with E-state index in [1.54, 1.807) is 13.0 Å². The lowest BCUT2D eigenvalue weighted by atomic mass is 10.4. The van der Waals surface area contributed by atoms with Crippen LogP contribution in [0.3, 0.4) is 0 Å². The molecular weight excluding hydrogens is 184 g/mol. The van der Waals surface area contributed by atoms with E-state index in [0.29, 0.717) is 5.82 Å². The molecule has 3 N–H and O–H groups in total. The smallest absolute Gasteiger partial charge is 0.325 e. The summed E-state index contributed by atoms with van der Waals surface area (Å²) in [6.45, 7) is 1.85. The maximum Gasteiger partial charge on any atom is 0.325 e. The Bertz CT molecular complexity index is 320. The van der Waals surface area contributed by atoms with Crippen LogP contribution in [0.15, 0.2) is 6.07 Å². The number of rotatable bonds is 3. The number of ether oxygens (including phenoxy) is 1. The number of hydrogen-bond acceptors (Lipinski definition) is 6. The normalized spacial score (nSPS) is 9.57. The Balaban J connectivity index is 2.63. The van der Waals surface area contributed by atoms with Gasteiger partial charge in [-0.1, -0.05) is 0 Å². The molecule has 0 atom stereocenters. The molecule has 0 aromatic carbocycles. The van der Waals surface area contributed by atoms with Gasteiger partial charge in [-0.05, 0) is 6.92 Å². The van der Waals surface area contributed by atoms with Crippen LogP contribution in [0.25, 0.3) is 0 Å². The summed E-state index contributed by atoms with van der Waals surface area (Å²) in [5, 5.41) is 2.77. The first-order valence-electron chi connectivity index (χ1n) is 4.03. The number of aromatic nitrogens is 2. The molecule has 76 valence electrons. The third-order valence-electron chi connectivity index (χ3n) is 1.51. The molecule has 0 saturated heterocycles. The Kier molecular flexibility index (Phi) is 3.22. The highest BCUT2D eigenvalue weighted by molar-refractivity contribution is 5.74. The van der Waals surface area contributed by atoms with Gasteiger partial charge in [0.2, 0.25) is 5.95 Å². The fraction of sp³-hybridized carbons (Fsp3) is 0.375. The first-order valence-corrected chi connectivity index (χ1v) is 4.03. The zero-order valence-electron chi connectivity index (χ0n) is 8.07. The van der Waals surface area contributed by atoms with Crippen LogP contribution in [0.2, 0.25) is 0 Å². The van der Waals surface area contributed by atoms with Gasteiger partial charge < -0.3 is 15.8 Å². The first-order chi connectivity index (χ1) is 6.61. The average Bonchev–Trinajstić information content (AvgIpc) is 2.12. The van der Waals surface area contributed by atoms with Gasteiger partial charge in [0, 0.05) is 11.8 Å². The predicted molar refractivity (Wildman–Crippen MR) is 51.7 cm³/mol. The quantitative estimate of drug-likeness (QED) is 0.659. The Labute approximate surface area is 81.5 Å². The van der Waals surface area contributed by atoms with E-state index in [2.05, 4.69) is 20.0 Å². The van der Waals surface area contributed by atoms with Crippen LogP contribution in [0.1, 0.15) is 5.69 Å². The Hall–Kier alpha value is -1.85. The van der Waals surface area contributed by atoms with Crippen LogP contribution in [0.5, 0.6) is 0 Å². The van der Waals surface area contributed by atoms with Gasteiger partial charge >= 0.3 is 5.97 Å². The fourth-order valence-electron chi connectivity index (χ4n) is 0.917. The molecule has 0 aliphatic rings. The highest BCUT2D eigenvalue weighted by Crippen LogP contribution is 2.06. The third-order valence-corrected chi connectivity index (χ3v) is 1.51. The Morgan fingerprint density at radius 3 is 2.93 bits per heavy atom. The zero-order chi connectivity index (χ0) is 10.6. The molecule has 14 heavy (non-hydrogen) atoms. The fourth-order valence-corrected chi connectivity index (χ4v) is 0.917. The number of hydrogen-bond donors (Lipinski definition) is 2. The van der Waals surface area contributed by atoms with Crippen molar-refractivity contribution in [2.75, 3.05) is 24.7 Å². The minimum Gasteiger partial charge on any atom is -0.468 e. The van der Waals surface area contributed by atoms with Crippen molar-refractivity contribution >= 4 is 17.7 Å². The van der Waals surface area contributed by atoms with Crippen molar-refractivity contribution in [3.05, 3.63) is 11.8 Å². The minimum absolute atomic E-state index is 0.0619. The number of nitrogens with zero attached hydrogens (tertiary/aromatic N) is 2. The van der Waals surface area contributed by atoms with E-state index in [1.165, 1.54) is 7.11 Å². The molecule has 1 aromatic heterocycles. The number of anilines is 2. The van der Waals surface area contributed by atoms with Crippen LogP contribution in [0, 0.1) is 6.92 Å². The van der Waals surface area contributed by atoms with E-state index in [-0.39, 0.29) is 18.5 Å². The second-order valence-electron chi connectivity index (χ2n) is 2.68. The summed E-state index contributed by atoms with van der Waals surface area (Å²) >= 11 is 0. The molecule has 0 bridgehead atoms. The summed E-state index contributed by atoms with van der Waals surface area (Å²) in [6.07, 6.45) is 0. The van der Waals surface area contributed by atoms with Crippen LogP contribution < -0.4 is 11.1 Å². The van der Waals surface area contributed by atoms with Crippen molar-refractivity contribution in [3.63, 3.8) is 0 Å².